The molecule has 19 heavy (non-hydrogen) atoms. The molecular formula is C15H27N3S. The van der Waals surface area contributed by atoms with Crippen LogP contribution in [-0.2, 0) is 6.54 Å². The van der Waals surface area contributed by atoms with Gasteiger partial charge in [-0.1, -0.05) is 19.3 Å². The molecule has 108 valence electrons. The molecule has 0 unspecified atom stereocenters. The Labute approximate surface area is 121 Å². The fourth-order valence-corrected chi connectivity index (χ4v) is 4.04. The van der Waals surface area contributed by atoms with Crippen LogP contribution in [0.2, 0.25) is 0 Å². The summed E-state index contributed by atoms with van der Waals surface area (Å²) in [4.78, 5) is 8.32. The van der Waals surface area contributed by atoms with Crippen molar-refractivity contribution in [3.05, 3.63) is 15.6 Å². The number of thiazole rings is 1. The van der Waals surface area contributed by atoms with Gasteiger partial charge in [-0.05, 0) is 40.8 Å². The first-order valence-corrected chi connectivity index (χ1v) is 8.16. The minimum atomic E-state index is 0.367. The monoisotopic (exact) mass is 281 g/mol. The van der Waals surface area contributed by atoms with E-state index < -0.39 is 0 Å². The normalized spacial score (nSPS) is 19.0. The van der Waals surface area contributed by atoms with E-state index in [1.807, 2.05) is 11.3 Å². The second-order valence-corrected chi connectivity index (χ2v) is 7.31. The van der Waals surface area contributed by atoms with Crippen LogP contribution in [0.3, 0.4) is 0 Å². The molecule has 1 fully saturated rings. The third kappa shape index (κ3) is 3.56. The van der Waals surface area contributed by atoms with E-state index in [1.54, 1.807) is 0 Å². The Morgan fingerprint density at radius 2 is 1.89 bits per heavy atom. The molecule has 1 saturated carbocycles. The van der Waals surface area contributed by atoms with Crippen molar-refractivity contribution in [3.8, 4) is 0 Å². The number of aromatic nitrogens is 1. The van der Waals surface area contributed by atoms with Gasteiger partial charge in [0, 0.05) is 23.5 Å². The largest absolute Gasteiger partial charge is 0.310 e. The van der Waals surface area contributed by atoms with Gasteiger partial charge in [0.15, 0.2) is 0 Å². The van der Waals surface area contributed by atoms with Crippen molar-refractivity contribution in [2.75, 3.05) is 20.6 Å². The highest BCUT2D eigenvalue weighted by Gasteiger charge is 2.33. The molecule has 0 amide bonds. The summed E-state index contributed by atoms with van der Waals surface area (Å²) >= 11 is 1.82. The summed E-state index contributed by atoms with van der Waals surface area (Å²) in [6.07, 6.45) is 6.81. The molecule has 1 aliphatic carbocycles. The summed E-state index contributed by atoms with van der Waals surface area (Å²) in [5.74, 6) is 0. The van der Waals surface area contributed by atoms with Crippen LogP contribution in [0.4, 0.5) is 0 Å². The van der Waals surface area contributed by atoms with E-state index >= 15 is 0 Å². The van der Waals surface area contributed by atoms with Crippen molar-refractivity contribution in [1.82, 2.24) is 15.2 Å². The summed E-state index contributed by atoms with van der Waals surface area (Å²) < 4.78 is 0. The molecule has 0 aromatic carbocycles. The second-order valence-electron chi connectivity index (χ2n) is 6.02. The highest BCUT2D eigenvalue weighted by atomic mass is 32.1. The maximum absolute atomic E-state index is 4.50. The Bertz CT molecular complexity index is 406. The molecular weight excluding hydrogens is 254 g/mol. The van der Waals surface area contributed by atoms with Crippen molar-refractivity contribution in [3.63, 3.8) is 0 Å². The highest BCUT2D eigenvalue weighted by Crippen LogP contribution is 2.31. The maximum Gasteiger partial charge on any atom is 0.0900 e. The summed E-state index contributed by atoms with van der Waals surface area (Å²) in [7, 11) is 4.46. The van der Waals surface area contributed by atoms with E-state index in [9.17, 15) is 0 Å². The van der Waals surface area contributed by atoms with Crippen LogP contribution in [0, 0.1) is 13.8 Å². The number of rotatable bonds is 5. The van der Waals surface area contributed by atoms with Crippen LogP contribution in [0.5, 0.6) is 0 Å². The Morgan fingerprint density at radius 3 is 2.42 bits per heavy atom. The molecule has 4 heteroatoms. The number of nitrogens with zero attached hydrogens (tertiary/aromatic N) is 2. The second kappa shape index (κ2) is 6.33. The van der Waals surface area contributed by atoms with Crippen LogP contribution >= 0.6 is 11.3 Å². The minimum Gasteiger partial charge on any atom is -0.310 e. The van der Waals surface area contributed by atoms with E-state index in [2.05, 4.69) is 43.1 Å². The van der Waals surface area contributed by atoms with Crippen LogP contribution in [-0.4, -0.2) is 36.1 Å². The van der Waals surface area contributed by atoms with Gasteiger partial charge in [-0.25, -0.2) is 4.98 Å². The molecule has 0 saturated heterocycles. The predicted octanol–water partition coefficient (Wildman–Crippen LogP) is 3.11. The van der Waals surface area contributed by atoms with E-state index in [0.29, 0.717) is 5.54 Å². The maximum atomic E-state index is 4.50. The average Bonchev–Trinajstić information content (AvgIpc) is 2.69. The van der Waals surface area contributed by atoms with Crippen LogP contribution in [0.1, 0.15) is 47.7 Å². The lowest BCUT2D eigenvalue weighted by atomic mass is 9.80. The van der Waals surface area contributed by atoms with Gasteiger partial charge in [-0.15, -0.1) is 11.3 Å². The zero-order valence-electron chi connectivity index (χ0n) is 12.8. The van der Waals surface area contributed by atoms with Gasteiger partial charge < -0.3 is 10.2 Å². The van der Waals surface area contributed by atoms with Gasteiger partial charge in [0.2, 0.25) is 0 Å². The first-order chi connectivity index (χ1) is 9.03. The fourth-order valence-electron chi connectivity index (χ4n) is 3.14. The van der Waals surface area contributed by atoms with Crippen LogP contribution in [0.15, 0.2) is 0 Å². The Morgan fingerprint density at radius 1 is 1.21 bits per heavy atom. The summed E-state index contributed by atoms with van der Waals surface area (Å²) in [5.41, 5.74) is 1.56. The predicted molar refractivity (Wildman–Crippen MR) is 82.8 cm³/mol. The van der Waals surface area contributed by atoms with Gasteiger partial charge in [0.1, 0.15) is 0 Å². The molecule has 0 radical (unpaired) electrons. The number of likely N-dealkylation sites (N-methyl/N-ethyl adjacent to an activating group) is 1. The lowest BCUT2D eigenvalue weighted by Gasteiger charge is -2.43. The van der Waals surface area contributed by atoms with Crippen LogP contribution < -0.4 is 5.32 Å². The first-order valence-electron chi connectivity index (χ1n) is 7.34. The molecule has 1 heterocycles. The lowest BCUT2D eigenvalue weighted by Crippen LogP contribution is -2.52. The SMILES string of the molecule is Cc1nc(C)c(CNCC2(N(C)C)CCCCC2)s1. The minimum absolute atomic E-state index is 0.367. The Kier molecular flexibility index (Phi) is 4.98. The van der Waals surface area contributed by atoms with E-state index in [1.165, 1.54) is 47.7 Å². The highest BCUT2D eigenvalue weighted by molar-refractivity contribution is 7.11. The molecule has 0 aliphatic heterocycles. The Hall–Kier alpha value is -0.450. The first kappa shape index (κ1) is 14.9. The Balaban J connectivity index is 1.91. The van der Waals surface area contributed by atoms with Gasteiger partial charge >= 0.3 is 0 Å². The molecule has 0 atom stereocenters. The molecule has 0 bridgehead atoms. The third-order valence-corrected chi connectivity index (χ3v) is 5.55. The van der Waals surface area contributed by atoms with Crippen molar-refractivity contribution < 1.29 is 0 Å². The summed E-state index contributed by atoms with van der Waals surface area (Å²) in [6.45, 7) is 6.26. The number of hydrogen-bond acceptors (Lipinski definition) is 4. The summed E-state index contributed by atoms with van der Waals surface area (Å²) in [6, 6.07) is 0. The van der Waals surface area contributed by atoms with Gasteiger partial charge in [-0.2, -0.15) is 0 Å². The van der Waals surface area contributed by atoms with E-state index in [-0.39, 0.29) is 0 Å². The number of aryl methyl sites for hydroxylation is 2. The quantitative estimate of drug-likeness (QED) is 0.899. The average molecular weight is 281 g/mol. The molecule has 1 aromatic heterocycles. The number of nitrogens with one attached hydrogen (secondary N) is 1. The molecule has 2 rings (SSSR count). The van der Waals surface area contributed by atoms with Crippen LogP contribution in [0.25, 0.3) is 0 Å². The number of hydrogen-bond donors (Lipinski definition) is 1. The molecule has 3 nitrogen and oxygen atoms in total. The van der Waals surface area contributed by atoms with Gasteiger partial charge in [0.25, 0.3) is 0 Å². The molecule has 1 N–H and O–H groups in total. The van der Waals surface area contributed by atoms with Gasteiger partial charge in [0.05, 0.1) is 10.7 Å². The van der Waals surface area contributed by atoms with Crippen molar-refractivity contribution in [2.24, 2.45) is 0 Å². The smallest absolute Gasteiger partial charge is 0.0900 e. The fraction of sp³-hybridized carbons (Fsp3) is 0.800. The van der Waals surface area contributed by atoms with Crippen molar-refractivity contribution in [2.45, 2.75) is 58.0 Å². The van der Waals surface area contributed by atoms with E-state index in [0.717, 1.165) is 13.1 Å². The zero-order chi connectivity index (χ0) is 13.9. The third-order valence-electron chi connectivity index (χ3n) is 4.47. The van der Waals surface area contributed by atoms with Gasteiger partial charge in [-0.3, -0.25) is 0 Å². The van der Waals surface area contributed by atoms with E-state index in [4.69, 9.17) is 0 Å². The topological polar surface area (TPSA) is 28.2 Å². The molecule has 1 aromatic rings. The summed E-state index contributed by atoms with van der Waals surface area (Å²) in [5, 5.41) is 4.85. The lowest BCUT2D eigenvalue weighted by molar-refractivity contribution is 0.0984. The molecule has 1 aliphatic rings. The van der Waals surface area contributed by atoms with Crippen molar-refractivity contribution >= 4 is 11.3 Å². The molecule has 0 spiro atoms. The van der Waals surface area contributed by atoms with Crippen molar-refractivity contribution in [1.29, 1.82) is 0 Å². The standard InChI is InChI=1S/C15H27N3S/c1-12-14(19-13(2)17-12)10-16-11-15(18(3)4)8-6-5-7-9-15/h16H,5-11H2,1-4H3. The zero-order valence-corrected chi connectivity index (χ0v) is 13.6.